The zero-order valence-corrected chi connectivity index (χ0v) is 19.8. The molecule has 0 spiro atoms. The molecule has 156 valence electrons. The van der Waals surface area contributed by atoms with E-state index in [1.807, 2.05) is 22.7 Å². The molecule has 1 aliphatic rings. The zero-order chi connectivity index (χ0) is 21.7. The number of hydrogen-bond donors (Lipinski definition) is 0. The van der Waals surface area contributed by atoms with Crippen LogP contribution >= 0.6 is 22.7 Å². The quantitative estimate of drug-likeness (QED) is 0.179. The molecule has 0 saturated heterocycles. The van der Waals surface area contributed by atoms with Gasteiger partial charge in [-0.1, -0.05) is 67.6 Å². The van der Waals surface area contributed by atoms with Gasteiger partial charge in [-0.3, -0.25) is 0 Å². The molecular weight excluding hydrogens is 436 g/mol. The second-order valence-corrected chi connectivity index (χ2v) is 11.4. The fourth-order valence-electron chi connectivity index (χ4n) is 6.33. The Morgan fingerprint density at radius 3 is 2.09 bits per heavy atom. The molecule has 0 atom stereocenters. The van der Waals surface area contributed by atoms with Gasteiger partial charge in [-0.15, -0.1) is 22.7 Å². The van der Waals surface area contributed by atoms with Crippen molar-refractivity contribution in [1.82, 2.24) is 0 Å². The molecule has 2 aromatic heterocycles. The fourth-order valence-corrected chi connectivity index (χ4v) is 8.57. The Morgan fingerprint density at radius 1 is 0.606 bits per heavy atom. The maximum Gasteiger partial charge on any atom is 0.0486 e. The van der Waals surface area contributed by atoms with Crippen LogP contribution in [0.2, 0.25) is 0 Å². The van der Waals surface area contributed by atoms with E-state index in [9.17, 15) is 0 Å². The molecule has 2 heteroatoms. The smallest absolute Gasteiger partial charge is 0.0486 e. The van der Waals surface area contributed by atoms with Crippen LogP contribution in [0.3, 0.4) is 0 Å². The van der Waals surface area contributed by atoms with E-state index in [4.69, 9.17) is 0 Å². The summed E-state index contributed by atoms with van der Waals surface area (Å²) in [4.78, 5) is 2.96. The summed E-state index contributed by atoms with van der Waals surface area (Å²) < 4.78 is 0. The van der Waals surface area contributed by atoms with Gasteiger partial charge >= 0.3 is 0 Å². The molecule has 0 amide bonds. The molecule has 8 rings (SSSR count). The maximum absolute atomic E-state index is 2.45. The third-order valence-electron chi connectivity index (χ3n) is 7.87. The summed E-state index contributed by atoms with van der Waals surface area (Å²) in [6.45, 7) is 2.45. The molecule has 0 aliphatic heterocycles. The van der Waals surface area contributed by atoms with E-state index in [2.05, 4.69) is 96.5 Å². The van der Waals surface area contributed by atoms with Gasteiger partial charge in [-0.05, 0) is 95.2 Å². The third-order valence-corrected chi connectivity index (χ3v) is 9.86. The largest absolute Gasteiger partial charge is 0.143 e. The monoisotopic (exact) mass is 456 g/mol. The lowest BCUT2D eigenvalue weighted by atomic mass is 9.75. The molecule has 0 N–H and O–H groups in total. The highest BCUT2D eigenvalue weighted by Gasteiger charge is 2.41. The van der Waals surface area contributed by atoms with Gasteiger partial charge in [0.05, 0.1) is 0 Å². The summed E-state index contributed by atoms with van der Waals surface area (Å²) in [7, 11) is 0. The van der Waals surface area contributed by atoms with Crippen LogP contribution in [0.15, 0.2) is 89.6 Å². The summed E-state index contributed by atoms with van der Waals surface area (Å²) >= 11 is 3.79. The summed E-state index contributed by atoms with van der Waals surface area (Å²) in [6.07, 6.45) is 1.02. The first-order valence-corrected chi connectivity index (χ1v) is 13.2. The summed E-state index contributed by atoms with van der Waals surface area (Å²) in [5.41, 5.74) is 4.49. The molecule has 7 aromatic rings. The molecule has 0 nitrogen and oxygen atoms in total. The van der Waals surface area contributed by atoms with Crippen molar-refractivity contribution >= 4 is 65.8 Å². The highest BCUT2D eigenvalue weighted by molar-refractivity contribution is 7.21. The van der Waals surface area contributed by atoms with Crippen LogP contribution in [0.5, 0.6) is 0 Å². The Bertz CT molecular complexity index is 1820. The average Bonchev–Trinajstić information content (AvgIpc) is 3.56. The number of hydrogen-bond acceptors (Lipinski definition) is 2. The van der Waals surface area contributed by atoms with Gasteiger partial charge < -0.3 is 0 Å². The minimum atomic E-state index is 0.0280. The van der Waals surface area contributed by atoms with Crippen LogP contribution in [0.4, 0.5) is 0 Å². The van der Waals surface area contributed by atoms with Gasteiger partial charge in [0.2, 0.25) is 0 Å². The second-order valence-electron chi connectivity index (χ2n) is 9.58. The fraction of sp³-hybridized carbons (Fsp3) is 0.0968. The highest BCUT2D eigenvalue weighted by atomic mass is 32.1. The predicted octanol–water partition coefficient (Wildman–Crippen LogP) is 9.39. The first kappa shape index (κ1) is 18.3. The van der Waals surface area contributed by atoms with Crippen LogP contribution in [-0.2, 0) is 11.8 Å². The molecule has 0 saturated carbocycles. The van der Waals surface area contributed by atoms with E-state index in [0.29, 0.717) is 0 Å². The van der Waals surface area contributed by atoms with Gasteiger partial charge in [0, 0.05) is 15.2 Å². The number of thiophene rings is 2. The van der Waals surface area contributed by atoms with Crippen LogP contribution < -0.4 is 0 Å². The van der Waals surface area contributed by atoms with Gasteiger partial charge in [0.25, 0.3) is 0 Å². The molecule has 2 heterocycles. The van der Waals surface area contributed by atoms with Crippen LogP contribution in [-0.4, -0.2) is 0 Å². The zero-order valence-electron chi connectivity index (χ0n) is 18.2. The standard InChI is InChI=1S/C31H20S2/c1-31(25-12-14-32-29(25)30-26(31)13-15-33-30)17-21-9-7-18-6-8-20-16-19-4-2-3-5-22(19)24-11-10-23(21)27(18)28(20)24/h2-16H,17H2,1H3. The van der Waals surface area contributed by atoms with E-state index in [0.717, 1.165) is 6.42 Å². The number of benzene rings is 5. The highest BCUT2D eigenvalue weighted by Crippen LogP contribution is 2.55. The Kier molecular flexibility index (Phi) is 3.44. The van der Waals surface area contributed by atoms with Crippen LogP contribution in [0.25, 0.3) is 52.8 Å². The molecule has 0 unspecified atom stereocenters. The van der Waals surface area contributed by atoms with Crippen LogP contribution in [0.1, 0.15) is 23.6 Å². The van der Waals surface area contributed by atoms with Gasteiger partial charge in [0.1, 0.15) is 0 Å². The Hall–Kier alpha value is -3.20. The van der Waals surface area contributed by atoms with E-state index in [1.165, 1.54) is 69.5 Å². The van der Waals surface area contributed by atoms with E-state index < -0.39 is 0 Å². The van der Waals surface area contributed by atoms with E-state index in [1.54, 1.807) is 0 Å². The number of rotatable bonds is 2. The van der Waals surface area contributed by atoms with Crippen molar-refractivity contribution < 1.29 is 0 Å². The third kappa shape index (κ3) is 2.25. The summed E-state index contributed by atoms with van der Waals surface area (Å²) in [5, 5.41) is 15.5. The lowest BCUT2D eigenvalue weighted by Gasteiger charge is -2.27. The SMILES string of the molecule is CC1(Cc2ccc3ccc4cc5ccccc5c5ccc2c3c45)c2ccsc2-c2sccc21. The first-order chi connectivity index (χ1) is 16.2. The molecule has 0 fully saturated rings. The summed E-state index contributed by atoms with van der Waals surface area (Å²) in [6, 6.07) is 29.9. The maximum atomic E-state index is 2.45. The van der Waals surface area contributed by atoms with Gasteiger partial charge in [-0.25, -0.2) is 0 Å². The molecule has 0 radical (unpaired) electrons. The van der Waals surface area contributed by atoms with Crippen molar-refractivity contribution in [2.75, 3.05) is 0 Å². The average molecular weight is 457 g/mol. The van der Waals surface area contributed by atoms with Crippen molar-refractivity contribution in [2.45, 2.75) is 18.8 Å². The topological polar surface area (TPSA) is 0 Å². The first-order valence-electron chi connectivity index (χ1n) is 11.5. The minimum absolute atomic E-state index is 0.0280. The van der Waals surface area contributed by atoms with Crippen molar-refractivity contribution in [3.05, 3.63) is 106 Å². The molecule has 5 aromatic carbocycles. The van der Waals surface area contributed by atoms with Crippen molar-refractivity contribution in [3.8, 4) is 9.75 Å². The van der Waals surface area contributed by atoms with E-state index >= 15 is 0 Å². The van der Waals surface area contributed by atoms with Crippen molar-refractivity contribution in [3.63, 3.8) is 0 Å². The lowest BCUT2D eigenvalue weighted by molar-refractivity contribution is 0.587. The Labute approximate surface area is 200 Å². The molecular formula is C31H20S2. The molecule has 1 aliphatic carbocycles. The van der Waals surface area contributed by atoms with Gasteiger partial charge in [0.15, 0.2) is 0 Å². The Morgan fingerprint density at radius 2 is 1.27 bits per heavy atom. The second kappa shape index (κ2) is 6.22. The normalized spacial score (nSPS) is 14.6. The minimum Gasteiger partial charge on any atom is -0.143 e. The van der Waals surface area contributed by atoms with Crippen molar-refractivity contribution in [1.29, 1.82) is 0 Å². The summed E-state index contributed by atoms with van der Waals surface area (Å²) in [5.74, 6) is 0. The van der Waals surface area contributed by atoms with Crippen molar-refractivity contribution in [2.24, 2.45) is 0 Å². The predicted molar refractivity (Wildman–Crippen MR) is 145 cm³/mol. The Balaban J connectivity index is 1.42. The number of fused-ring (bicyclic) bond motifs is 5. The van der Waals surface area contributed by atoms with E-state index in [-0.39, 0.29) is 5.41 Å². The van der Waals surface area contributed by atoms with Gasteiger partial charge in [-0.2, -0.15) is 0 Å². The van der Waals surface area contributed by atoms with Crippen LogP contribution in [0, 0.1) is 0 Å². The molecule has 0 bridgehead atoms. The molecule has 33 heavy (non-hydrogen) atoms. The lowest BCUT2D eigenvalue weighted by Crippen LogP contribution is -2.23.